The number of ether oxygens (including phenoxy) is 1. The van der Waals surface area contributed by atoms with E-state index in [0.717, 1.165) is 36.6 Å². The molecule has 1 aliphatic rings. The molecule has 3 amide bonds. The molecule has 1 fully saturated rings. The first-order chi connectivity index (χ1) is 12.5. The molecule has 1 aromatic heterocycles. The van der Waals surface area contributed by atoms with Crippen LogP contribution in [0.1, 0.15) is 49.4 Å². The molecule has 0 spiro atoms. The van der Waals surface area contributed by atoms with Crippen LogP contribution in [0.2, 0.25) is 0 Å². The third kappa shape index (κ3) is 4.22. The van der Waals surface area contributed by atoms with E-state index in [4.69, 9.17) is 4.74 Å². The number of nitrogens with one attached hydrogen (secondary N) is 3. The number of carbonyl (C=O) groups is 3. The van der Waals surface area contributed by atoms with E-state index in [1.54, 1.807) is 12.3 Å². The minimum Gasteiger partial charge on any atom is -0.449 e. The van der Waals surface area contributed by atoms with Gasteiger partial charge in [0.15, 0.2) is 6.10 Å². The summed E-state index contributed by atoms with van der Waals surface area (Å²) in [7, 11) is 0. The normalized spacial score (nSPS) is 16.0. The Hall–Kier alpha value is -2.83. The third-order valence-electron chi connectivity index (χ3n) is 4.64. The number of urea groups is 1. The van der Waals surface area contributed by atoms with E-state index in [1.165, 1.54) is 13.3 Å². The summed E-state index contributed by atoms with van der Waals surface area (Å²) in [6.07, 6.45) is 5.66. The highest BCUT2D eigenvalue weighted by Gasteiger charge is 2.23. The van der Waals surface area contributed by atoms with Crippen LogP contribution in [0.3, 0.4) is 0 Å². The molecular formula is C19H23N3O4. The summed E-state index contributed by atoms with van der Waals surface area (Å²) in [5, 5.41) is 5.76. The van der Waals surface area contributed by atoms with Crippen molar-refractivity contribution in [1.82, 2.24) is 15.6 Å². The van der Waals surface area contributed by atoms with Crippen LogP contribution in [-0.2, 0) is 9.53 Å². The number of esters is 1. The molecule has 0 radical (unpaired) electrons. The summed E-state index contributed by atoms with van der Waals surface area (Å²) in [6.45, 7) is 1.44. The molecule has 3 rings (SSSR count). The second-order valence-corrected chi connectivity index (χ2v) is 6.59. The number of aromatic amines is 1. The van der Waals surface area contributed by atoms with E-state index in [2.05, 4.69) is 15.6 Å². The lowest BCUT2D eigenvalue weighted by atomic mass is 9.96. The Kier molecular flexibility index (Phi) is 5.55. The average molecular weight is 357 g/mol. The molecule has 26 heavy (non-hydrogen) atoms. The largest absolute Gasteiger partial charge is 0.449 e. The van der Waals surface area contributed by atoms with Crippen molar-refractivity contribution in [2.75, 3.05) is 0 Å². The molecule has 0 saturated heterocycles. The van der Waals surface area contributed by atoms with Crippen molar-refractivity contribution in [3.8, 4) is 0 Å². The predicted octanol–water partition coefficient (Wildman–Crippen LogP) is 2.87. The van der Waals surface area contributed by atoms with Gasteiger partial charge in [-0.25, -0.2) is 9.59 Å². The maximum atomic E-state index is 12.3. The van der Waals surface area contributed by atoms with Crippen molar-refractivity contribution in [3.05, 3.63) is 36.0 Å². The molecule has 0 aliphatic heterocycles. The third-order valence-corrected chi connectivity index (χ3v) is 4.64. The number of rotatable bonds is 4. The van der Waals surface area contributed by atoms with Gasteiger partial charge in [0.25, 0.3) is 5.91 Å². The number of aromatic nitrogens is 1. The minimum absolute atomic E-state index is 0.0978. The fraction of sp³-hybridized carbons (Fsp3) is 0.421. The molecule has 0 unspecified atom stereocenters. The summed E-state index contributed by atoms with van der Waals surface area (Å²) in [4.78, 5) is 39.3. The summed E-state index contributed by atoms with van der Waals surface area (Å²) in [5.74, 6) is -1.26. The molecule has 1 saturated carbocycles. The molecule has 3 N–H and O–H groups in total. The van der Waals surface area contributed by atoms with Crippen molar-refractivity contribution in [3.63, 3.8) is 0 Å². The Balaban J connectivity index is 1.53. The van der Waals surface area contributed by atoms with E-state index in [9.17, 15) is 14.4 Å². The smallest absolute Gasteiger partial charge is 0.341 e. The van der Waals surface area contributed by atoms with Crippen LogP contribution >= 0.6 is 0 Å². The second-order valence-electron chi connectivity index (χ2n) is 6.59. The number of carbonyl (C=O) groups excluding carboxylic acids is 3. The fourth-order valence-corrected chi connectivity index (χ4v) is 3.20. The first-order valence-electron chi connectivity index (χ1n) is 8.93. The monoisotopic (exact) mass is 357 g/mol. The Morgan fingerprint density at radius 1 is 1.15 bits per heavy atom. The zero-order valence-electron chi connectivity index (χ0n) is 14.7. The molecule has 7 heteroatoms. The Morgan fingerprint density at radius 3 is 2.65 bits per heavy atom. The number of H-pyrrole nitrogens is 1. The van der Waals surface area contributed by atoms with E-state index in [0.29, 0.717) is 5.56 Å². The summed E-state index contributed by atoms with van der Waals surface area (Å²) >= 11 is 0. The van der Waals surface area contributed by atoms with E-state index in [-0.39, 0.29) is 6.04 Å². The summed E-state index contributed by atoms with van der Waals surface area (Å²) in [5.41, 5.74) is 1.16. The van der Waals surface area contributed by atoms with Gasteiger partial charge in [-0.15, -0.1) is 0 Å². The topological polar surface area (TPSA) is 100 Å². The Morgan fingerprint density at radius 2 is 1.88 bits per heavy atom. The highest BCUT2D eigenvalue weighted by molar-refractivity contribution is 6.05. The number of hydrogen-bond acceptors (Lipinski definition) is 4. The zero-order valence-corrected chi connectivity index (χ0v) is 14.7. The minimum atomic E-state index is -1.08. The van der Waals surface area contributed by atoms with Crippen molar-refractivity contribution >= 4 is 28.8 Å². The number of fused-ring (bicyclic) bond motifs is 1. The van der Waals surface area contributed by atoms with Gasteiger partial charge in [-0.05, 0) is 25.8 Å². The van der Waals surface area contributed by atoms with Crippen LogP contribution in [0.5, 0.6) is 0 Å². The molecule has 0 bridgehead atoms. The Bertz CT molecular complexity index is 808. The van der Waals surface area contributed by atoms with Gasteiger partial charge in [0.2, 0.25) is 0 Å². The van der Waals surface area contributed by atoms with Crippen LogP contribution in [0, 0.1) is 0 Å². The number of amides is 3. The summed E-state index contributed by atoms with van der Waals surface area (Å²) in [6, 6.07) is 6.87. The number of para-hydroxylation sites is 1. The van der Waals surface area contributed by atoms with Gasteiger partial charge in [0.05, 0.1) is 5.56 Å². The van der Waals surface area contributed by atoms with Gasteiger partial charge in [-0.2, -0.15) is 0 Å². The van der Waals surface area contributed by atoms with Gasteiger partial charge in [0.1, 0.15) is 0 Å². The van der Waals surface area contributed by atoms with Gasteiger partial charge >= 0.3 is 12.0 Å². The van der Waals surface area contributed by atoms with Crippen LogP contribution < -0.4 is 10.6 Å². The highest BCUT2D eigenvalue weighted by Crippen LogP contribution is 2.19. The zero-order chi connectivity index (χ0) is 18.5. The van der Waals surface area contributed by atoms with Gasteiger partial charge < -0.3 is 15.0 Å². The lowest BCUT2D eigenvalue weighted by molar-refractivity contribution is -0.127. The lowest BCUT2D eigenvalue weighted by Crippen LogP contribution is -2.48. The van der Waals surface area contributed by atoms with Crippen molar-refractivity contribution in [2.24, 2.45) is 0 Å². The molecule has 7 nitrogen and oxygen atoms in total. The molecule has 1 aromatic carbocycles. The fourth-order valence-electron chi connectivity index (χ4n) is 3.20. The van der Waals surface area contributed by atoms with Crippen LogP contribution in [0.25, 0.3) is 10.9 Å². The van der Waals surface area contributed by atoms with Crippen molar-refractivity contribution in [2.45, 2.75) is 51.2 Å². The van der Waals surface area contributed by atoms with Crippen LogP contribution in [-0.4, -0.2) is 35.0 Å². The molecule has 1 heterocycles. The maximum absolute atomic E-state index is 12.3. The van der Waals surface area contributed by atoms with Crippen molar-refractivity contribution in [1.29, 1.82) is 0 Å². The molecule has 2 aromatic rings. The van der Waals surface area contributed by atoms with Gasteiger partial charge in [-0.1, -0.05) is 37.5 Å². The maximum Gasteiger partial charge on any atom is 0.341 e. The van der Waals surface area contributed by atoms with Crippen molar-refractivity contribution < 1.29 is 19.1 Å². The number of imide groups is 1. The van der Waals surface area contributed by atoms with Gasteiger partial charge in [-0.3, -0.25) is 10.1 Å². The number of hydrogen-bond donors (Lipinski definition) is 3. The van der Waals surface area contributed by atoms with E-state index in [1.807, 2.05) is 18.2 Å². The standard InChI is InChI=1S/C19H23N3O4/c1-12(17(23)22-19(25)21-13-7-3-2-4-8-13)26-18(24)15-11-20-16-10-6-5-9-14(15)16/h5-6,9-13,20H,2-4,7-8H2,1H3,(H2,21,22,23,25)/t12-/m0/s1. The number of benzene rings is 1. The quantitative estimate of drug-likeness (QED) is 0.733. The SMILES string of the molecule is C[C@H](OC(=O)c1c[nH]c2ccccc12)C(=O)NC(=O)NC1CCCCC1. The molecule has 1 aliphatic carbocycles. The summed E-state index contributed by atoms with van der Waals surface area (Å²) < 4.78 is 5.20. The molecule has 1 atom stereocenters. The first kappa shape index (κ1) is 18.0. The van der Waals surface area contributed by atoms with E-state index < -0.39 is 24.0 Å². The van der Waals surface area contributed by atoms with Crippen LogP contribution in [0.4, 0.5) is 4.79 Å². The van der Waals surface area contributed by atoms with Gasteiger partial charge in [0, 0.05) is 23.1 Å². The first-order valence-corrected chi connectivity index (χ1v) is 8.93. The lowest BCUT2D eigenvalue weighted by Gasteiger charge is -2.23. The molecule has 138 valence electrons. The average Bonchev–Trinajstić information content (AvgIpc) is 3.06. The highest BCUT2D eigenvalue weighted by atomic mass is 16.5. The second kappa shape index (κ2) is 8.03. The molecular weight excluding hydrogens is 334 g/mol. The Labute approximate surface area is 151 Å². The predicted molar refractivity (Wildman–Crippen MR) is 96.7 cm³/mol. The van der Waals surface area contributed by atoms with Crippen LogP contribution in [0.15, 0.2) is 30.5 Å². The van der Waals surface area contributed by atoms with E-state index >= 15 is 0 Å².